The van der Waals surface area contributed by atoms with Crippen LogP contribution in [0.1, 0.15) is 68.1 Å². The molecule has 0 saturated heterocycles. The van der Waals surface area contributed by atoms with Gasteiger partial charge in [-0.05, 0) is 44.2 Å². The summed E-state index contributed by atoms with van der Waals surface area (Å²) in [5, 5.41) is 3.83. The van der Waals surface area contributed by atoms with Crippen LogP contribution in [-0.2, 0) is 12.8 Å². The van der Waals surface area contributed by atoms with Gasteiger partial charge in [0.1, 0.15) is 5.82 Å². The highest BCUT2D eigenvalue weighted by molar-refractivity contribution is 5.78. The molecule has 0 unspecified atom stereocenters. The number of ether oxygens (including phenoxy) is 1. The molecule has 1 aromatic carbocycles. The van der Waals surface area contributed by atoms with E-state index in [-0.39, 0.29) is 11.5 Å². The minimum Gasteiger partial charge on any atom is -0.491 e. The molecule has 4 aromatic heterocycles. The van der Waals surface area contributed by atoms with Crippen LogP contribution in [0.25, 0.3) is 28.6 Å². The zero-order chi connectivity index (χ0) is 29.1. The summed E-state index contributed by atoms with van der Waals surface area (Å²) in [7, 11) is 0. The molecule has 0 bridgehead atoms. The lowest BCUT2D eigenvalue weighted by Crippen LogP contribution is -2.30. The van der Waals surface area contributed by atoms with Crippen LogP contribution < -0.4 is 16.1 Å². The van der Waals surface area contributed by atoms with Gasteiger partial charge in [0.25, 0.3) is 5.56 Å². The van der Waals surface area contributed by atoms with Gasteiger partial charge in [-0.2, -0.15) is 0 Å². The Kier molecular flexibility index (Phi) is 7.72. The van der Waals surface area contributed by atoms with Gasteiger partial charge in [0.15, 0.2) is 11.6 Å². The molecule has 6 rings (SSSR count). The number of aromatic amines is 1. The van der Waals surface area contributed by atoms with Crippen molar-refractivity contribution in [1.82, 2.24) is 34.6 Å². The maximum Gasteiger partial charge on any atom is 0.439 e. The van der Waals surface area contributed by atoms with Crippen molar-refractivity contribution in [3.63, 3.8) is 0 Å². The van der Waals surface area contributed by atoms with E-state index >= 15 is 0 Å². The second-order valence-corrected chi connectivity index (χ2v) is 10.3. The van der Waals surface area contributed by atoms with Gasteiger partial charge in [-0.15, -0.1) is 0 Å². The Hall–Kier alpha value is -4.93. The van der Waals surface area contributed by atoms with Crippen LogP contribution in [0.15, 0.2) is 69.1 Å². The lowest BCUT2D eigenvalue weighted by Gasteiger charge is -2.16. The molecule has 0 aliphatic heterocycles. The van der Waals surface area contributed by atoms with Crippen LogP contribution in [0, 0.1) is 0 Å². The number of aromatic nitrogens is 7. The molecule has 1 N–H and O–H groups in total. The number of nitrogens with one attached hydrogen (secondary N) is 1. The van der Waals surface area contributed by atoms with Gasteiger partial charge in [-0.25, -0.2) is 24.3 Å². The molecule has 214 valence electrons. The molecule has 0 amide bonds. The van der Waals surface area contributed by atoms with Gasteiger partial charge in [-0.3, -0.25) is 19.3 Å². The SMILES string of the molecule is CCCCc1nc(C2CC2)n(-c2ncc(OCC)cn2)c(=O)c1Cc1ccc(-c2ccccc2-c2noc(=O)[nH]2)nc1. The third-order valence-corrected chi connectivity index (χ3v) is 7.23. The molecule has 0 radical (unpaired) electrons. The summed E-state index contributed by atoms with van der Waals surface area (Å²) in [4.78, 5) is 47.0. The van der Waals surface area contributed by atoms with Crippen LogP contribution in [0.5, 0.6) is 5.75 Å². The molecular weight excluding hydrogens is 534 g/mol. The Morgan fingerprint density at radius 3 is 2.43 bits per heavy atom. The van der Waals surface area contributed by atoms with Crippen molar-refractivity contribution in [3.05, 3.63) is 98.5 Å². The average molecular weight is 566 g/mol. The molecule has 11 heteroatoms. The van der Waals surface area contributed by atoms with Gasteiger partial charge in [-0.1, -0.05) is 48.8 Å². The van der Waals surface area contributed by atoms with Crippen LogP contribution >= 0.6 is 0 Å². The molecule has 1 fully saturated rings. The van der Waals surface area contributed by atoms with Crippen molar-refractivity contribution in [2.45, 2.75) is 58.3 Å². The Morgan fingerprint density at radius 1 is 1.00 bits per heavy atom. The highest BCUT2D eigenvalue weighted by atomic mass is 16.5. The standard InChI is InChI=1S/C31H31N7O4/c1-3-5-10-26-24(29(39)38(28(35-26)20-12-13-20)30-33-17-21(18-34-30)41-4-2)15-19-11-14-25(32-16-19)22-8-6-7-9-23(22)27-36-31(40)42-37-27/h6-9,11,14,16-18,20H,3-5,10,12-13,15H2,1-2H3,(H,36,37,40). The van der Waals surface area contributed by atoms with E-state index in [0.29, 0.717) is 47.4 Å². The second-order valence-electron chi connectivity index (χ2n) is 10.3. The van der Waals surface area contributed by atoms with E-state index in [2.05, 4.69) is 27.0 Å². The number of benzene rings is 1. The largest absolute Gasteiger partial charge is 0.491 e. The number of rotatable bonds is 11. The fraction of sp³-hybridized carbons (Fsp3) is 0.323. The smallest absolute Gasteiger partial charge is 0.439 e. The van der Waals surface area contributed by atoms with Crippen molar-refractivity contribution in [2.24, 2.45) is 0 Å². The normalized spacial score (nSPS) is 12.9. The van der Waals surface area contributed by atoms with Gasteiger partial charge >= 0.3 is 5.76 Å². The average Bonchev–Trinajstić information content (AvgIpc) is 3.78. The van der Waals surface area contributed by atoms with E-state index in [9.17, 15) is 9.59 Å². The molecule has 0 spiro atoms. The van der Waals surface area contributed by atoms with Crippen molar-refractivity contribution in [2.75, 3.05) is 6.61 Å². The van der Waals surface area contributed by atoms with Crippen molar-refractivity contribution in [3.8, 4) is 34.3 Å². The van der Waals surface area contributed by atoms with E-state index in [1.165, 1.54) is 0 Å². The van der Waals surface area contributed by atoms with E-state index in [1.807, 2.05) is 43.3 Å². The van der Waals surface area contributed by atoms with Gasteiger partial charge in [0.2, 0.25) is 5.95 Å². The minimum absolute atomic E-state index is 0.147. The monoisotopic (exact) mass is 565 g/mol. The summed E-state index contributed by atoms with van der Waals surface area (Å²) in [6.45, 7) is 4.53. The summed E-state index contributed by atoms with van der Waals surface area (Å²) in [5.74, 6) is 1.53. The Bertz CT molecular complexity index is 1800. The van der Waals surface area contributed by atoms with Crippen LogP contribution in [-0.4, -0.2) is 41.3 Å². The first-order chi connectivity index (χ1) is 20.6. The van der Waals surface area contributed by atoms with Crippen molar-refractivity contribution < 1.29 is 9.26 Å². The molecule has 5 aromatic rings. The number of unbranched alkanes of at least 4 members (excludes halogenated alkanes) is 1. The zero-order valence-corrected chi connectivity index (χ0v) is 23.5. The highest BCUT2D eigenvalue weighted by Crippen LogP contribution is 2.39. The molecule has 1 saturated carbocycles. The number of H-pyrrole nitrogens is 1. The third-order valence-electron chi connectivity index (χ3n) is 7.23. The molecule has 4 heterocycles. The molecule has 1 aliphatic carbocycles. The summed E-state index contributed by atoms with van der Waals surface area (Å²) in [5.41, 5.74) is 4.38. The number of nitrogens with zero attached hydrogens (tertiary/aromatic N) is 6. The summed E-state index contributed by atoms with van der Waals surface area (Å²) >= 11 is 0. The van der Waals surface area contributed by atoms with Gasteiger partial charge in [0.05, 0.1) is 30.4 Å². The first-order valence-electron chi connectivity index (χ1n) is 14.3. The highest BCUT2D eigenvalue weighted by Gasteiger charge is 2.32. The number of hydrogen-bond acceptors (Lipinski definition) is 9. The van der Waals surface area contributed by atoms with Gasteiger partial charge < -0.3 is 4.74 Å². The first kappa shape index (κ1) is 27.3. The lowest BCUT2D eigenvalue weighted by atomic mass is 10.00. The predicted octanol–water partition coefficient (Wildman–Crippen LogP) is 4.64. The molecular formula is C31H31N7O4. The van der Waals surface area contributed by atoms with Gasteiger partial charge in [0, 0.05) is 35.2 Å². The summed E-state index contributed by atoms with van der Waals surface area (Å²) in [6, 6.07) is 11.4. The Balaban J connectivity index is 1.37. The summed E-state index contributed by atoms with van der Waals surface area (Å²) < 4.78 is 11.8. The van der Waals surface area contributed by atoms with Crippen molar-refractivity contribution in [1.29, 1.82) is 0 Å². The molecule has 1 aliphatic rings. The first-order valence-corrected chi connectivity index (χ1v) is 14.3. The fourth-order valence-electron chi connectivity index (χ4n) is 4.97. The summed E-state index contributed by atoms with van der Waals surface area (Å²) in [6.07, 6.45) is 9.97. The van der Waals surface area contributed by atoms with Crippen LogP contribution in [0.4, 0.5) is 0 Å². The maximum absolute atomic E-state index is 14.2. The fourth-order valence-corrected chi connectivity index (χ4v) is 4.97. The molecule has 0 atom stereocenters. The number of pyridine rings is 1. The van der Waals surface area contributed by atoms with E-state index < -0.39 is 5.76 Å². The maximum atomic E-state index is 14.2. The van der Waals surface area contributed by atoms with E-state index in [1.54, 1.807) is 23.2 Å². The second kappa shape index (κ2) is 11.9. The molecule has 42 heavy (non-hydrogen) atoms. The lowest BCUT2D eigenvalue weighted by molar-refractivity contribution is 0.337. The predicted molar refractivity (Wildman–Crippen MR) is 156 cm³/mol. The van der Waals surface area contributed by atoms with E-state index in [4.69, 9.17) is 19.2 Å². The number of hydrogen-bond donors (Lipinski definition) is 1. The Morgan fingerprint density at radius 2 is 1.79 bits per heavy atom. The topological polar surface area (TPSA) is 142 Å². The molecule has 11 nitrogen and oxygen atoms in total. The van der Waals surface area contributed by atoms with E-state index in [0.717, 1.165) is 54.7 Å². The quantitative estimate of drug-likeness (QED) is 0.242. The minimum atomic E-state index is -0.621. The zero-order valence-electron chi connectivity index (χ0n) is 23.5. The number of aryl methyl sites for hydroxylation is 1. The van der Waals surface area contributed by atoms with Crippen molar-refractivity contribution >= 4 is 0 Å². The Labute approximate surface area is 241 Å². The third kappa shape index (κ3) is 5.63. The van der Waals surface area contributed by atoms with Crippen LogP contribution in [0.2, 0.25) is 0 Å². The van der Waals surface area contributed by atoms with Crippen LogP contribution in [0.3, 0.4) is 0 Å².